The van der Waals surface area contributed by atoms with Gasteiger partial charge in [-0.25, -0.2) is 8.93 Å². The van der Waals surface area contributed by atoms with Crippen LogP contribution in [0.15, 0.2) is 41.3 Å². The second-order valence-electron chi connectivity index (χ2n) is 6.61. The molecule has 0 saturated heterocycles. The lowest BCUT2D eigenvalue weighted by molar-refractivity contribution is 0.413. The van der Waals surface area contributed by atoms with Crippen LogP contribution in [0, 0.1) is 26.7 Å². The zero-order valence-electron chi connectivity index (χ0n) is 15.3. The second-order valence-corrected chi connectivity index (χ2v) is 7.79. The standard InChI is InChI=1S/C20H27NO2S/c1-13(2)19(17-7-9-18(23-6)10-8-17)21-24(22)20-15(4)11-14(3)12-16(20)5/h7-13,19,21H,1-6H3/t19-,24?/m1/s1. The van der Waals surface area contributed by atoms with Crippen molar-refractivity contribution in [1.82, 2.24) is 4.72 Å². The average Bonchev–Trinajstić information content (AvgIpc) is 2.51. The van der Waals surface area contributed by atoms with Crippen molar-refractivity contribution in [3.05, 3.63) is 58.7 Å². The van der Waals surface area contributed by atoms with E-state index in [1.54, 1.807) is 7.11 Å². The Bertz CT molecular complexity index is 700. The van der Waals surface area contributed by atoms with E-state index in [-0.39, 0.29) is 6.04 Å². The molecule has 0 bridgehead atoms. The summed E-state index contributed by atoms with van der Waals surface area (Å²) in [5.74, 6) is 1.14. The maximum absolute atomic E-state index is 13.0. The summed E-state index contributed by atoms with van der Waals surface area (Å²) in [6, 6.07) is 12.1. The number of methoxy groups -OCH3 is 1. The van der Waals surface area contributed by atoms with Crippen LogP contribution in [0.3, 0.4) is 0 Å². The average molecular weight is 346 g/mol. The summed E-state index contributed by atoms with van der Waals surface area (Å²) in [5.41, 5.74) is 4.44. The summed E-state index contributed by atoms with van der Waals surface area (Å²) in [4.78, 5) is 0.889. The molecule has 0 amide bonds. The Morgan fingerprint density at radius 3 is 2.00 bits per heavy atom. The molecule has 24 heavy (non-hydrogen) atoms. The minimum atomic E-state index is -1.25. The molecule has 1 unspecified atom stereocenters. The van der Waals surface area contributed by atoms with Gasteiger partial charge >= 0.3 is 0 Å². The Hall–Kier alpha value is -1.65. The first-order valence-electron chi connectivity index (χ1n) is 8.23. The summed E-state index contributed by atoms with van der Waals surface area (Å²) >= 11 is 0. The Labute approximate surface area is 148 Å². The minimum Gasteiger partial charge on any atom is -0.497 e. The molecule has 0 radical (unpaired) electrons. The molecule has 0 aromatic heterocycles. The van der Waals surface area contributed by atoms with Crippen molar-refractivity contribution >= 4 is 11.0 Å². The van der Waals surface area contributed by atoms with Crippen LogP contribution in [-0.4, -0.2) is 11.3 Å². The van der Waals surface area contributed by atoms with Gasteiger partial charge in [0.15, 0.2) is 0 Å². The Balaban J connectivity index is 2.29. The maximum Gasteiger partial charge on any atom is 0.126 e. The van der Waals surface area contributed by atoms with E-state index in [1.165, 1.54) is 5.56 Å². The number of rotatable bonds is 6. The van der Waals surface area contributed by atoms with Crippen molar-refractivity contribution in [2.75, 3.05) is 7.11 Å². The van der Waals surface area contributed by atoms with Crippen LogP contribution in [-0.2, 0) is 11.0 Å². The van der Waals surface area contributed by atoms with E-state index < -0.39 is 11.0 Å². The number of hydrogen-bond donors (Lipinski definition) is 1. The molecule has 0 fully saturated rings. The van der Waals surface area contributed by atoms with Crippen LogP contribution in [0.1, 0.15) is 42.1 Å². The van der Waals surface area contributed by atoms with Crippen LogP contribution in [0.5, 0.6) is 5.75 Å². The Morgan fingerprint density at radius 2 is 1.54 bits per heavy atom. The van der Waals surface area contributed by atoms with E-state index in [4.69, 9.17) is 4.74 Å². The van der Waals surface area contributed by atoms with Gasteiger partial charge in [-0.15, -0.1) is 0 Å². The maximum atomic E-state index is 13.0. The minimum absolute atomic E-state index is 0.0110. The monoisotopic (exact) mass is 345 g/mol. The number of ether oxygens (including phenoxy) is 1. The van der Waals surface area contributed by atoms with E-state index in [0.717, 1.165) is 27.3 Å². The molecule has 3 nitrogen and oxygen atoms in total. The first-order chi connectivity index (χ1) is 11.3. The third-order valence-corrected chi connectivity index (χ3v) is 5.65. The van der Waals surface area contributed by atoms with E-state index in [9.17, 15) is 4.21 Å². The van der Waals surface area contributed by atoms with Crippen molar-refractivity contribution < 1.29 is 8.95 Å². The zero-order chi connectivity index (χ0) is 17.9. The molecule has 2 aromatic rings. The predicted octanol–water partition coefficient (Wildman–Crippen LogP) is 4.63. The summed E-state index contributed by atoms with van der Waals surface area (Å²) in [6.45, 7) is 10.4. The van der Waals surface area contributed by atoms with Gasteiger partial charge < -0.3 is 4.74 Å². The van der Waals surface area contributed by atoms with Gasteiger partial charge in [-0.05, 0) is 55.5 Å². The Kier molecular flexibility index (Phi) is 6.19. The summed E-state index contributed by atoms with van der Waals surface area (Å²) in [6.07, 6.45) is 0. The molecule has 0 aliphatic rings. The lowest BCUT2D eigenvalue weighted by Crippen LogP contribution is -2.28. The molecule has 2 aromatic carbocycles. The van der Waals surface area contributed by atoms with E-state index in [2.05, 4.69) is 37.6 Å². The lowest BCUT2D eigenvalue weighted by atomic mass is 9.97. The molecule has 130 valence electrons. The van der Waals surface area contributed by atoms with Gasteiger partial charge in [-0.3, -0.25) is 0 Å². The van der Waals surface area contributed by atoms with Crippen LogP contribution in [0.25, 0.3) is 0 Å². The third kappa shape index (κ3) is 4.25. The first-order valence-corrected chi connectivity index (χ1v) is 9.38. The topological polar surface area (TPSA) is 38.3 Å². The van der Waals surface area contributed by atoms with Gasteiger partial charge in [0, 0.05) is 6.04 Å². The highest BCUT2D eigenvalue weighted by molar-refractivity contribution is 7.83. The lowest BCUT2D eigenvalue weighted by Gasteiger charge is -2.23. The molecular weight excluding hydrogens is 318 g/mol. The number of nitrogens with one attached hydrogen (secondary N) is 1. The quantitative estimate of drug-likeness (QED) is 0.829. The van der Waals surface area contributed by atoms with Crippen LogP contribution >= 0.6 is 0 Å². The molecule has 0 heterocycles. The van der Waals surface area contributed by atoms with Gasteiger partial charge in [-0.2, -0.15) is 0 Å². The fraction of sp³-hybridized carbons (Fsp3) is 0.400. The van der Waals surface area contributed by atoms with Crippen molar-refractivity contribution in [2.45, 2.75) is 45.6 Å². The largest absolute Gasteiger partial charge is 0.497 e. The first kappa shape index (κ1) is 18.7. The van der Waals surface area contributed by atoms with E-state index in [0.29, 0.717) is 5.92 Å². The fourth-order valence-electron chi connectivity index (χ4n) is 3.03. The van der Waals surface area contributed by atoms with Gasteiger partial charge in [0.2, 0.25) is 0 Å². The molecule has 4 heteroatoms. The summed E-state index contributed by atoms with van der Waals surface area (Å²) in [5, 5.41) is 0. The molecule has 0 aliphatic carbocycles. The molecule has 0 aliphatic heterocycles. The van der Waals surface area contributed by atoms with Gasteiger partial charge in [0.1, 0.15) is 16.7 Å². The van der Waals surface area contributed by atoms with Gasteiger partial charge in [-0.1, -0.05) is 43.7 Å². The van der Waals surface area contributed by atoms with Crippen LogP contribution < -0.4 is 9.46 Å². The van der Waals surface area contributed by atoms with Crippen LogP contribution in [0.2, 0.25) is 0 Å². The summed E-state index contributed by atoms with van der Waals surface area (Å²) in [7, 11) is 0.404. The van der Waals surface area contributed by atoms with E-state index in [1.807, 2.05) is 38.1 Å². The normalized spacial score (nSPS) is 13.8. The smallest absolute Gasteiger partial charge is 0.126 e. The predicted molar refractivity (Wildman–Crippen MR) is 101 cm³/mol. The highest BCUT2D eigenvalue weighted by atomic mass is 32.2. The molecule has 2 atom stereocenters. The second kappa shape index (κ2) is 7.95. The molecular formula is C20H27NO2S. The van der Waals surface area contributed by atoms with Crippen molar-refractivity contribution in [1.29, 1.82) is 0 Å². The van der Waals surface area contributed by atoms with Crippen molar-refractivity contribution in [3.8, 4) is 5.75 Å². The molecule has 2 rings (SSSR count). The molecule has 0 saturated carbocycles. The van der Waals surface area contributed by atoms with Crippen molar-refractivity contribution in [2.24, 2.45) is 5.92 Å². The number of benzene rings is 2. The van der Waals surface area contributed by atoms with E-state index >= 15 is 0 Å². The third-order valence-electron chi connectivity index (χ3n) is 4.17. The number of hydrogen-bond acceptors (Lipinski definition) is 2. The highest BCUT2D eigenvalue weighted by Crippen LogP contribution is 2.27. The molecule has 0 spiro atoms. The van der Waals surface area contributed by atoms with Gasteiger partial charge in [0.25, 0.3) is 0 Å². The highest BCUT2D eigenvalue weighted by Gasteiger charge is 2.21. The molecule has 1 N–H and O–H groups in total. The Morgan fingerprint density at radius 1 is 1.00 bits per heavy atom. The van der Waals surface area contributed by atoms with Crippen LogP contribution in [0.4, 0.5) is 0 Å². The fourth-order valence-corrected chi connectivity index (χ4v) is 4.49. The summed E-state index contributed by atoms with van der Waals surface area (Å²) < 4.78 is 21.5. The van der Waals surface area contributed by atoms with Gasteiger partial charge in [0.05, 0.1) is 12.0 Å². The SMILES string of the molecule is COc1ccc([C@H](NS(=O)c2c(C)cc(C)cc2C)C(C)C)cc1. The van der Waals surface area contributed by atoms with Crippen molar-refractivity contribution in [3.63, 3.8) is 0 Å². The number of aryl methyl sites for hydroxylation is 3. The zero-order valence-corrected chi connectivity index (χ0v) is 16.2.